The highest BCUT2D eigenvalue weighted by molar-refractivity contribution is 7.99. The van der Waals surface area contributed by atoms with Crippen LogP contribution >= 0.6 is 23.4 Å². The van der Waals surface area contributed by atoms with Gasteiger partial charge >= 0.3 is 5.97 Å². The molecule has 0 bridgehead atoms. The standard InChI is InChI=1S/C25H23ClO2S/c26-21-10-6-12-23(29-22-11-5-4-9-20(22)25(27)28)24(21)19-15-13-18(14-16-19)17-7-2-1-3-8-17/h1-12,18-19H,13-16H2,(H,27,28). The van der Waals surface area contributed by atoms with Gasteiger partial charge in [-0.1, -0.05) is 71.9 Å². The van der Waals surface area contributed by atoms with Gasteiger partial charge in [0.25, 0.3) is 0 Å². The Hall–Kier alpha value is -2.23. The molecule has 1 aliphatic rings. The van der Waals surface area contributed by atoms with E-state index in [1.807, 2.05) is 24.3 Å². The number of carboxylic acids is 1. The molecular weight excluding hydrogens is 400 g/mol. The molecule has 0 atom stereocenters. The van der Waals surface area contributed by atoms with Gasteiger partial charge in [0.2, 0.25) is 0 Å². The van der Waals surface area contributed by atoms with Gasteiger partial charge in [0.15, 0.2) is 0 Å². The largest absolute Gasteiger partial charge is 0.478 e. The van der Waals surface area contributed by atoms with Crippen LogP contribution in [0.1, 0.15) is 59.0 Å². The van der Waals surface area contributed by atoms with Gasteiger partial charge in [-0.15, -0.1) is 0 Å². The van der Waals surface area contributed by atoms with Crippen molar-refractivity contribution in [2.24, 2.45) is 0 Å². The topological polar surface area (TPSA) is 37.3 Å². The first kappa shape index (κ1) is 20.1. The van der Waals surface area contributed by atoms with Gasteiger partial charge in [-0.25, -0.2) is 4.79 Å². The van der Waals surface area contributed by atoms with Crippen LogP contribution in [0.2, 0.25) is 5.02 Å². The van der Waals surface area contributed by atoms with Crippen molar-refractivity contribution in [3.8, 4) is 0 Å². The number of hydrogen-bond donors (Lipinski definition) is 1. The molecule has 3 aromatic rings. The lowest BCUT2D eigenvalue weighted by molar-refractivity contribution is 0.0693. The van der Waals surface area contributed by atoms with E-state index in [9.17, 15) is 9.90 Å². The van der Waals surface area contributed by atoms with Gasteiger partial charge in [-0.3, -0.25) is 0 Å². The number of benzene rings is 3. The van der Waals surface area contributed by atoms with E-state index in [1.165, 1.54) is 22.9 Å². The van der Waals surface area contributed by atoms with E-state index in [0.29, 0.717) is 17.4 Å². The van der Waals surface area contributed by atoms with E-state index in [4.69, 9.17) is 11.6 Å². The molecule has 0 radical (unpaired) electrons. The van der Waals surface area contributed by atoms with Crippen molar-refractivity contribution in [1.82, 2.24) is 0 Å². The van der Waals surface area contributed by atoms with Crippen molar-refractivity contribution < 1.29 is 9.90 Å². The molecular formula is C25H23ClO2S. The summed E-state index contributed by atoms with van der Waals surface area (Å²) < 4.78 is 0. The molecule has 0 aromatic heterocycles. The van der Waals surface area contributed by atoms with Crippen molar-refractivity contribution in [2.45, 2.75) is 47.3 Å². The minimum absolute atomic E-state index is 0.330. The van der Waals surface area contributed by atoms with E-state index < -0.39 is 5.97 Å². The molecule has 0 heterocycles. The van der Waals surface area contributed by atoms with Crippen molar-refractivity contribution >= 4 is 29.3 Å². The SMILES string of the molecule is O=C(O)c1ccccc1Sc1cccc(Cl)c1C1CCC(c2ccccc2)CC1. The fourth-order valence-electron chi connectivity index (χ4n) is 4.29. The zero-order chi connectivity index (χ0) is 20.2. The Kier molecular flexibility index (Phi) is 6.27. The number of halogens is 1. The third-order valence-corrected chi connectivity index (χ3v) is 7.24. The molecule has 1 saturated carbocycles. The van der Waals surface area contributed by atoms with Crippen molar-refractivity contribution in [1.29, 1.82) is 0 Å². The quantitative estimate of drug-likeness (QED) is 0.459. The molecule has 2 nitrogen and oxygen atoms in total. The molecule has 1 N–H and O–H groups in total. The molecule has 4 rings (SSSR count). The average Bonchev–Trinajstić information content (AvgIpc) is 2.75. The highest BCUT2D eigenvalue weighted by Crippen LogP contribution is 2.46. The van der Waals surface area contributed by atoms with Crippen LogP contribution in [0.3, 0.4) is 0 Å². The Morgan fingerprint density at radius 3 is 2.14 bits per heavy atom. The normalized spacial score (nSPS) is 19.1. The first-order valence-corrected chi connectivity index (χ1v) is 11.2. The Balaban J connectivity index is 1.57. The lowest BCUT2D eigenvalue weighted by Gasteiger charge is -2.30. The summed E-state index contributed by atoms with van der Waals surface area (Å²) in [6.45, 7) is 0. The minimum atomic E-state index is -0.903. The second kappa shape index (κ2) is 9.06. The Morgan fingerprint density at radius 1 is 0.793 bits per heavy atom. The van der Waals surface area contributed by atoms with Gasteiger partial charge in [-0.05, 0) is 72.9 Å². The predicted molar refractivity (Wildman–Crippen MR) is 119 cm³/mol. The molecule has 3 aromatic carbocycles. The van der Waals surface area contributed by atoms with E-state index in [-0.39, 0.29) is 0 Å². The monoisotopic (exact) mass is 422 g/mol. The zero-order valence-electron chi connectivity index (χ0n) is 16.1. The Morgan fingerprint density at radius 2 is 1.41 bits per heavy atom. The zero-order valence-corrected chi connectivity index (χ0v) is 17.6. The van der Waals surface area contributed by atoms with Crippen LogP contribution in [0.5, 0.6) is 0 Å². The molecule has 29 heavy (non-hydrogen) atoms. The molecule has 4 heteroatoms. The average molecular weight is 423 g/mol. The summed E-state index contributed by atoms with van der Waals surface area (Å²) in [6, 6.07) is 23.9. The Bertz CT molecular complexity index is 995. The van der Waals surface area contributed by atoms with Gasteiger partial charge in [0.1, 0.15) is 0 Å². The smallest absolute Gasteiger partial charge is 0.336 e. The summed E-state index contributed by atoms with van der Waals surface area (Å²) in [5.41, 5.74) is 2.93. The second-order valence-electron chi connectivity index (χ2n) is 7.51. The number of hydrogen-bond acceptors (Lipinski definition) is 2. The molecule has 1 fully saturated rings. The summed E-state index contributed by atoms with van der Waals surface area (Å²) >= 11 is 8.16. The number of rotatable bonds is 5. The highest BCUT2D eigenvalue weighted by atomic mass is 35.5. The molecule has 148 valence electrons. The van der Waals surface area contributed by atoms with Crippen LogP contribution in [-0.4, -0.2) is 11.1 Å². The Labute approximate surface area is 180 Å². The maximum atomic E-state index is 11.6. The van der Waals surface area contributed by atoms with Crippen LogP contribution in [0.25, 0.3) is 0 Å². The fraction of sp³-hybridized carbons (Fsp3) is 0.240. The van der Waals surface area contributed by atoms with Crippen LogP contribution in [0.15, 0.2) is 82.6 Å². The van der Waals surface area contributed by atoms with E-state index in [1.54, 1.807) is 12.1 Å². The molecule has 0 amide bonds. The number of carboxylic acid groups (broad SMARTS) is 1. The molecule has 0 spiro atoms. The van der Waals surface area contributed by atoms with Crippen LogP contribution in [-0.2, 0) is 0 Å². The molecule has 0 aliphatic heterocycles. The summed E-state index contributed by atoms with van der Waals surface area (Å²) in [5, 5.41) is 10.3. The van der Waals surface area contributed by atoms with E-state index in [2.05, 4.69) is 36.4 Å². The molecule has 0 unspecified atom stereocenters. The molecule has 1 aliphatic carbocycles. The first-order valence-electron chi connectivity index (χ1n) is 9.97. The van der Waals surface area contributed by atoms with E-state index >= 15 is 0 Å². The minimum Gasteiger partial charge on any atom is -0.478 e. The van der Waals surface area contributed by atoms with Gasteiger partial charge in [-0.2, -0.15) is 0 Å². The van der Waals surface area contributed by atoms with Gasteiger partial charge < -0.3 is 5.11 Å². The fourth-order valence-corrected chi connectivity index (χ4v) is 5.86. The maximum absolute atomic E-state index is 11.6. The maximum Gasteiger partial charge on any atom is 0.336 e. The lowest BCUT2D eigenvalue weighted by Crippen LogP contribution is -2.13. The summed E-state index contributed by atoms with van der Waals surface area (Å²) in [7, 11) is 0. The highest BCUT2D eigenvalue weighted by Gasteiger charge is 2.27. The predicted octanol–water partition coefficient (Wildman–Crippen LogP) is 7.63. The third kappa shape index (κ3) is 4.52. The number of aromatic carboxylic acids is 1. The second-order valence-corrected chi connectivity index (χ2v) is 9.01. The van der Waals surface area contributed by atoms with Crippen LogP contribution in [0, 0.1) is 0 Å². The van der Waals surface area contributed by atoms with Gasteiger partial charge in [0, 0.05) is 14.8 Å². The number of carbonyl (C=O) groups is 1. The third-order valence-electron chi connectivity index (χ3n) is 5.76. The first-order chi connectivity index (χ1) is 14.1. The summed E-state index contributed by atoms with van der Waals surface area (Å²) in [5.74, 6) is 0.113. The van der Waals surface area contributed by atoms with Crippen molar-refractivity contribution in [3.05, 3.63) is 94.5 Å². The molecule has 0 saturated heterocycles. The summed E-state index contributed by atoms with van der Waals surface area (Å²) in [6.07, 6.45) is 4.49. The van der Waals surface area contributed by atoms with Crippen molar-refractivity contribution in [3.63, 3.8) is 0 Å². The van der Waals surface area contributed by atoms with Crippen molar-refractivity contribution in [2.75, 3.05) is 0 Å². The summed E-state index contributed by atoms with van der Waals surface area (Å²) in [4.78, 5) is 13.4. The lowest BCUT2D eigenvalue weighted by atomic mass is 9.76. The van der Waals surface area contributed by atoms with E-state index in [0.717, 1.165) is 40.5 Å². The van der Waals surface area contributed by atoms with Gasteiger partial charge in [0.05, 0.1) is 5.56 Å². The van der Waals surface area contributed by atoms with Crippen LogP contribution < -0.4 is 0 Å². The van der Waals surface area contributed by atoms with Crippen LogP contribution in [0.4, 0.5) is 0 Å².